The molecule has 18 heavy (non-hydrogen) atoms. The Morgan fingerprint density at radius 2 is 1.89 bits per heavy atom. The SMILES string of the molecule is CCC(C)(C(=O)Cc1ccc(Cl)c(Cl)c1)N(C)C. The number of hydrogen-bond donors (Lipinski definition) is 0. The number of nitrogens with zero attached hydrogens (tertiary/aromatic N) is 1. The van der Waals surface area contributed by atoms with Crippen LogP contribution in [0.1, 0.15) is 25.8 Å². The molecule has 0 bridgehead atoms. The van der Waals surface area contributed by atoms with Crippen LogP contribution < -0.4 is 0 Å². The molecule has 1 rings (SSSR count). The second kappa shape index (κ2) is 6.05. The first-order valence-corrected chi connectivity index (χ1v) is 6.71. The van der Waals surface area contributed by atoms with E-state index in [1.54, 1.807) is 12.1 Å². The fraction of sp³-hybridized carbons (Fsp3) is 0.500. The van der Waals surface area contributed by atoms with Crippen molar-refractivity contribution in [3.05, 3.63) is 33.8 Å². The summed E-state index contributed by atoms with van der Waals surface area (Å²) in [5.41, 5.74) is 0.461. The van der Waals surface area contributed by atoms with Crippen molar-refractivity contribution in [2.24, 2.45) is 0 Å². The summed E-state index contributed by atoms with van der Waals surface area (Å²) in [6, 6.07) is 5.33. The van der Waals surface area contributed by atoms with Gasteiger partial charge in [-0.3, -0.25) is 9.69 Å². The summed E-state index contributed by atoms with van der Waals surface area (Å²) in [5, 5.41) is 1.00. The molecule has 1 aromatic carbocycles. The second-order valence-corrected chi connectivity index (χ2v) is 5.68. The van der Waals surface area contributed by atoms with E-state index in [2.05, 4.69) is 0 Å². The molecule has 0 N–H and O–H groups in total. The van der Waals surface area contributed by atoms with Crippen LogP contribution in [0.5, 0.6) is 0 Å². The first-order valence-electron chi connectivity index (χ1n) is 5.96. The van der Waals surface area contributed by atoms with Crippen LogP contribution in [0.4, 0.5) is 0 Å². The van der Waals surface area contributed by atoms with E-state index >= 15 is 0 Å². The summed E-state index contributed by atoms with van der Waals surface area (Å²) >= 11 is 11.8. The monoisotopic (exact) mass is 287 g/mol. The van der Waals surface area contributed by atoms with Crippen LogP contribution in [0.3, 0.4) is 0 Å². The minimum atomic E-state index is -0.438. The molecule has 0 fully saturated rings. The first kappa shape index (κ1) is 15.5. The molecule has 0 aliphatic rings. The number of halogens is 2. The number of benzene rings is 1. The van der Waals surface area contributed by atoms with Gasteiger partial charge in [0, 0.05) is 6.42 Å². The Labute approximate surface area is 119 Å². The summed E-state index contributed by atoms with van der Waals surface area (Å²) in [5.74, 6) is 0.188. The van der Waals surface area contributed by atoms with Gasteiger partial charge in [-0.2, -0.15) is 0 Å². The lowest BCUT2D eigenvalue weighted by Gasteiger charge is -2.34. The highest BCUT2D eigenvalue weighted by Gasteiger charge is 2.32. The van der Waals surface area contributed by atoms with Crippen LogP contribution in [0.15, 0.2) is 18.2 Å². The molecule has 1 atom stereocenters. The summed E-state index contributed by atoms with van der Waals surface area (Å²) in [6.07, 6.45) is 1.15. The van der Waals surface area contributed by atoms with Crippen molar-refractivity contribution in [1.29, 1.82) is 0 Å². The predicted molar refractivity (Wildman–Crippen MR) is 77.6 cm³/mol. The van der Waals surface area contributed by atoms with Gasteiger partial charge in [0.2, 0.25) is 0 Å². The molecule has 0 aromatic heterocycles. The average Bonchev–Trinajstić information content (AvgIpc) is 2.32. The molecule has 0 aliphatic heterocycles. The van der Waals surface area contributed by atoms with Crippen LogP contribution in [0.2, 0.25) is 10.0 Å². The Balaban J connectivity index is 2.90. The van der Waals surface area contributed by atoms with Gasteiger partial charge in [-0.25, -0.2) is 0 Å². The molecule has 4 heteroatoms. The highest BCUT2D eigenvalue weighted by molar-refractivity contribution is 6.42. The molecular weight excluding hydrogens is 269 g/mol. The maximum absolute atomic E-state index is 12.4. The third-order valence-electron chi connectivity index (χ3n) is 3.62. The molecule has 0 heterocycles. The summed E-state index contributed by atoms with van der Waals surface area (Å²) in [6.45, 7) is 3.99. The van der Waals surface area contributed by atoms with Crippen LogP contribution >= 0.6 is 23.2 Å². The Bertz CT molecular complexity index is 445. The summed E-state index contributed by atoms with van der Waals surface area (Å²) < 4.78 is 0. The standard InChI is InChI=1S/C14H19Cl2NO/c1-5-14(2,17(3)4)13(18)9-10-6-7-11(15)12(16)8-10/h6-8H,5,9H2,1-4H3. The molecule has 0 radical (unpaired) electrons. The Kier molecular flexibility index (Phi) is 5.20. The summed E-state index contributed by atoms with van der Waals surface area (Å²) in [7, 11) is 3.85. The molecule has 1 aromatic rings. The molecule has 1 unspecified atom stereocenters. The fourth-order valence-corrected chi connectivity index (χ4v) is 2.11. The Morgan fingerprint density at radius 1 is 1.28 bits per heavy atom. The van der Waals surface area contributed by atoms with Crippen molar-refractivity contribution in [3.63, 3.8) is 0 Å². The van der Waals surface area contributed by atoms with Gasteiger partial charge < -0.3 is 0 Å². The van der Waals surface area contributed by atoms with Crippen molar-refractivity contribution in [1.82, 2.24) is 4.90 Å². The van der Waals surface area contributed by atoms with Gasteiger partial charge in [-0.05, 0) is 45.1 Å². The van der Waals surface area contributed by atoms with E-state index in [1.165, 1.54) is 0 Å². The van der Waals surface area contributed by atoms with Crippen molar-refractivity contribution in [3.8, 4) is 0 Å². The van der Waals surface area contributed by atoms with Gasteiger partial charge >= 0.3 is 0 Å². The smallest absolute Gasteiger partial charge is 0.157 e. The van der Waals surface area contributed by atoms with Crippen molar-refractivity contribution in [2.75, 3.05) is 14.1 Å². The third kappa shape index (κ3) is 3.25. The van der Waals surface area contributed by atoms with E-state index in [-0.39, 0.29) is 5.78 Å². The molecular formula is C14H19Cl2NO. The van der Waals surface area contributed by atoms with E-state index in [9.17, 15) is 4.79 Å². The average molecular weight is 288 g/mol. The molecule has 0 amide bonds. The highest BCUT2D eigenvalue weighted by Crippen LogP contribution is 2.25. The van der Waals surface area contributed by atoms with E-state index < -0.39 is 5.54 Å². The molecule has 0 spiro atoms. The molecule has 0 saturated heterocycles. The zero-order valence-corrected chi connectivity index (χ0v) is 12.8. The van der Waals surface area contributed by atoms with E-state index in [1.807, 2.05) is 38.9 Å². The molecule has 0 saturated carbocycles. The highest BCUT2D eigenvalue weighted by atomic mass is 35.5. The lowest BCUT2D eigenvalue weighted by atomic mass is 9.88. The van der Waals surface area contributed by atoms with Crippen LogP contribution in [-0.4, -0.2) is 30.3 Å². The maximum atomic E-state index is 12.4. The lowest BCUT2D eigenvalue weighted by Crippen LogP contribution is -2.48. The van der Waals surface area contributed by atoms with Gasteiger partial charge in [0.1, 0.15) is 0 Å². The van der Waals surface area contributed by atoms with Crippen molar-refractivity contribution in [2.45, 2.75) is 32.2 Å². The maximum Gasteiger partial charge on any atom is 0.157 e. The minimum Gasteiger partial charge on any atom is -0.297 e. The van der Waals surface area contributed by atoms with Gasteiger partial charge in [0.25, 0.3) is 0 Å². The van der Waals surface area contributed by atoms with E-state index in [0.717, 1.165) is 12.0 Å². The number of hydrogen-bond acceptors (Lipinski definition) is 2. The number of ketones is 1. The van der Waals surface area contributed by atoms with Gasteiger partial charge in [-0.1, -0.05) is 36.2 Å². The van der Waals surface area contributed by atoms with E-state index in [4.69, 9.17) is 23.2 Å². The van der Waals surface area contributed by atoms with Gasteiger partial charge in [0.15, 0.2) is 5.78 Å². The molecule has 100 valence electrons. The topological polar surface area (TPSA) is 20.3 Å². The number of rotatable bonds is 5. The predicted octanol–water partition coefficient (Wildman–Crippen LogP) is 3.84. The number of carbonyl (C=O) groups is 1. The van der Waals surface area contributed by atoms with Crippen LogP contribution in [0, 0.1) is 0 Å². The molecule has 0 aliphatic carbocycles. The van der Waals surface area contributed by atoms with Crippen LogP contribution in [0.25, 0.3) is 0 Å². The molecule has 2 nitrogen and oxygen atoms in total. The zero-order chi connectivity index (χ0) is 13.9. The Morgan fingerprint density at radius 3 is 2.33 bits per heavy atom. The van der Waals surface area contributed by atoms with Gasteiger partial charge in [0.05, 0.1) is 15.6 Å². The minimum absolute atomic E-state index is 0.188. The van der Waals surface area contributed by atoms with Gasteiger partial charge in [-0.15, -0.1) is 0 Å². The zero-order valence-electron chi connectivity index (χ0n) is 11.3. The van der Waals surface area contributed by atoms with Crippen LogP contribution in [-0.2, 0) is 11.2 Å². The number of carbonyl (C=O) groups excluding carboxylic acids is 1. The normalized spacial score (nSPS) is 14.6. The van der Waals surface area contributed by atoms with E-state index in [0.29, 0.717) is 16.5 Å². The largest absolute Gasteiger partial charge is 0.297 e. The number of Topliss-reactive ketones (excluding diaryl/α,β-unsaturated/α-hetero) is 1. The Hall–Kier alpha value is -0.570. The second-order valence-electron chi connectivity index (χ2n) is 4.87. The summed E-state index contributed by atoms with van der Waals surface area (Å²) in [4.78, 5) is 14.4. The quantitative estimate of drug-likeness (QED) is 0.820. The van der Waals surface area contributed by atoms with Crippen molar-refractivity contribution >= 4 is 29.0 Å². The van der Waals surface area contributed by atoms with Crippen molar-refractivity contribution < 1.29 is 4.79 Å². The fourth-order valence-electron chi connectivity index (χ4n) is 1.79. The number of likely N-dealkylation sites (N-methyl/N-ethyl adjacent to an activating group) is 1. The third-order valence-corrected chi connectivity index (χ3v) is 4.36. The first-order chi connectivity index (χ1) is 8.31. The lowest BCUT2D eigenvalue weighted by molar-refractivity contribution is -0.128.